The summed E-state index contributed by atoms with van der Waals surface area (Å²) in [5, 5.41) is 13.4. The van der Waals surface area contributed by atoms with Crippen LogP contribution in [0.3, 0.4) is 0 Å². The van der Waals surface area contributed by atoms with Crippen LogP contribution >= 0.6 is 11.8 Å². The van der Waals surface area contributed by atoms with Crippen molar-refractivity contribution < 1.29 is 4.79 Å². The summed E-state index contributed by atoms with van der Waals surface area (Å²) in [6, 6.07) is 21.7. The van der Waals surface area contributed by atoms with E-state index in [1.165, 1.54) is 17.3 Å². The van der Waals surface area contributed by atoms with Crippen LogP contribution in [-0.2, 0) is 17.6 Å². The second-order valence-electron chi connectivity index (χ2n) is 6.63. The van der Waals surface area contributed by atoms with Crippen molar-refractivity contribution >= 4 is 23.4 Å². The fourth-order valence-corrected chi connectivity index (χ4v) is 4.35. The lowest BCUT2D eigenvalue weighted by Gasteiger charge is -2.14. The lowest BCUT2D eigenvalue weighted by Crippen LogP contribution is -2.14. The van der Waals surface area contributed by atoms with Gasteiger partial charge in [-0.15, -0.1) is 0 Å². The SMILES string of the molecule is N#Cc1c(SCC(=O)Nc2ccccc2)nc2c(c1-c1ccccc1)CCC2. The van der Waals surface area contributed by atoms with Gasteiger partial charge in [0, 0.05) is 16.9 Å². The van der Waals surface area contributed by atoms with Gasteiger partial charge in [-0.1, -0.05) is 60.3 Å². The highest BCUT2D eigenvalue weighted by Gasteiger charge is 2.24. The molecule has 138 valence electrons. The number of para-hydroxylation sites is 1. The van der Waals surface area contributed by atoms with Gasteiger partial charge >= 0.3 is 0 Å². The van der Waals surface area contributed by atoms with Crippen LogP contribution in [0, 0.1) is 11.3 Å². The van der Waals surface area contributed by atoms with Crippen molar-refractivity contribution in [2.24, 2.45) is 0 Å². The molecule has 1 heterocycles. The largest absolute Gasteiger partial charge is 0.325 e. The second kappa shape index (κ2) is 8.28. The van der Waals surface area contributed by atoms with Crippen molar-refractivity contribution in [1.82, 2.24) is 4.98 Å². The van der Waals surface area contributed by atoms with Gasteiger partial charge in [-0.3, -0.25) is 4.79 Å². The molecule has 1 amide bonds. The third kappa shape index (κ3) is 3.78. The number of nitriles is 1. The molecule has 0 saturated heterocycles. The van der Waals surface area contributed by atoms with Gasteiger partial charge in [0.25, 0.3) is 0 Å². The van der Waals surface area contributed by atoms with Gasteiger partial charge in [-0.2, -0.15) is 5.26 Å². The molecule has 0 atom stereocenters. The molecule has 1 aliphatic rings. The van der Waals surface area contributed by atoms with Crippen LogP contribution in [0.15, 0.2) is 65.7 Å². The highest BCUT2D eigenvalue weighted by Crippen LogP contribution is 2.38. The molecule has 0 saturated carbocycles. The zero-order chi connectivity index (χ0) is 19.3. The molecular weight excluding hydrogens is 366 g/mol. The molecule has 4 rings (SSSR count). The molecule has 0 aliphatic heterocycles. The number of nitrogens with one attached hydrogen (secondary N) is 1. The number of amides is 1. The third-order valence-electron chi connectivity index (χ3n) is 4.76. The Bertz CT molecular complexity index is 1040. The number of nitrogens with zero attached hydrogens (tertiary/aromatic N) is 2. The number of fused-ring (bicyclic) bond motifs is 1. The van der Waals surface area contributed by atoms with E-state index < -0.39 is 0 Å². The lowest BCUT2D eigenvalue weighted by molar-refractivity contribution is -0.113. The maximum absolute atomic E-state index is 12.3. The molecule has 0 radical (unpaired) electrons. The summed E-state index contributed by atoms with van der Waals surface area (Å²) in [7, 11) is 0. The van der Waals surface area contributed by atoms with Gasteiger partial charge in [0.1, 0.15) is 11.1 Å². The summed E-state index contributed by atoms with van der Waals surface area (Å²) in [5.41, 5.74) is 5.60. The second-order valence-corrected chi connectivity index (χ2v) is 7.59. The minimum atomic E-state index is -0.108. The van der Waals surface area contributed by atoms with E-state index in [1.807, 2.05) is 60.7 Å². The van der Waals surface area contributed by atoms with Gasteiger partial charge < -0.3 is 5.32 Å². The van der Waals surface area contributed by atoms with Crippen LogP contribution in [0.1, 0.15) is 23.2 Å². The number of pyridine rings is 1. The quantitative estimate of drug-likeness (QED) is 0.638. The average Bonchev–Trinajstić information content (AvgIpc) is 3.20. The average molecular weight is 385 g/mol. The Hall–Kier alpha value is -3.10. The topological polar surface area (TPSA) is 65.8 Å². The zero-order valence-electron chi connectivity index (χ0n) is 15.3. The van der Waals surface area contributed by atoms with Gasteiger partial charge in [-0.25, -0.2) is 4.98 Å². The highest BCUT2D eigenvalue weighted by molar-refractivity contribution is 8.00. The number of carbonyl (C=O) groups is 1. The zero-order valence-corrected chi connectivity index (χ0v) is 16.1. The number of aryl methyl sites for hydroxylation is 1. The van der Waals surface area contributed by atoms with E-state index >= 15 is 0 Å². The third-order valence-corrected chi connectivity index (χ3v) is 5.74. The monoisotopic (exact) mass is 385 g/mol. The molecule has 0 spiro atoms. The number of hydrogen-bond donors (Lipinski definition) is 1. The van der Waals surface area contributed by atoms with Gasteiger partial charge in [0.05, 0.1) is 11.3 Å². The Balaban J connectivity index is 1.63. The Morgan fingerprint density at radius 1 is 1.07 bits per heavy atom. The molecule has 3 aromatic rings. The van der Waals surface area contributed by atoms with E-state index in [2.05, 4.69) is 11.4 Å². The molecule has 0 unspecified atom stereocenters. The summed E-state index contributed by atoms with van der Waals surface area (Å²) in [5.74, 6) is 0.104. The maximum atomic E-state index is 12.3. The number of rotatable bonds is 5. The summed E-state index contributed by atoms with van der Waals surface area (Å²) in [4.78, 5) is 17.1. The van der Waals surface area contributed by atoms with Crippen LogP contribution in [0.4, 0.5) is 5.69 Å². The van der Waals surface area contributed by atoms with Crippen LogP contribution in [0.25, 0.3) is 11.1 Å². The van der Waals surface area contributed by atoms with Crippen molar-refractivity contribution in [3.05, 3.63) is 77.5 Å². The molecule has 0 fully saturated rings. The molecule has 0 bridgehead atoms. The number of hydrogen-bond acceptors (Lipinski definition) is 4. The van der Waals surface area contributed by atoms with Crippen LogP contribution in [-0.4, -0.2) is 16.6 Å². The molecular formula is C23H19N3OS. The first kappa shape index (κ1) is 18.3. The fourth-order valence-electron chi connectivity index (χ4n) is 3.54. The van der Waals surface area contributed by atoms with Crippen molar-refractivity contribution in [2.45, 2.75) is 24.3 Å². The number of anilines is 1. The van der Waals surface area contributed by atoms with E-state index in [-0.39, 0.29) is 11.7 Å². The molecule has 2 aromatic carbocycles. The van der Waals surface area contributed by atoms with Crippen LogP contribution in [0.5, 0.6) is 0 Å². The summed E-state index contributed by atoms with van der Waals surface area (Å²) in [6.07, 6.45) is 2.92. The van der Waals surface area contributed by atoms with Crippen LogP contribution in [0.2, 0.25) is 0 Å². The minimum Gasteiger partial charge on any atom is -0.325 e. The number of carbonyl (C=O) groups excluding carboxylic acids is 1. The van der Waals surface area contributed by atoms with E-state index in [4.69, 9.17) is 4.98 Å². The highest BCUT2D eigenvalue weighted by atomic mass is 32.2. The predicted octanol–water partition coefficient (Wildman–Crippen LogP) is 4.84. The summed E-state index contributed by atoms with van der Waals surface area (Å²) < 4.78 is 0. The van der Waals surface area contributed by atoms with Crippen molar-refractivity contribution in [1.29, 1.82) is 5.26 Å². The van der Waals surface area contributed by atoms with Gasteiger partial charge in [-0.05, 0) is 42.5 Å². The normalized spacial score (nSPS) is 12.2. The Morgan fingerprint density at radius 2 is 1.79 bits per heavy atom. The van der Waals surface area contributed by atoms with Gasteiger partial charge in [0.2, 0.25) is 5.91 Å². The predicted molar refractivity (Wildman–Crippen MR) is 112 cm³/mol. The maximum Gasteiger partial charge on any atom is 0.234 e. The summed E-state index contributed by atoms with van der Waals surface area (Å²) >= 11 is 1.33. The lowest BCUT2D eigenvalue weighted by atomic mass is 9.95. The Labute approximate surface area is 168 Å². The number of thioether (sulfide) groups is 1. The van der Waals surface area contributed by atoms with E-state index in [9.17, 15) is 10.1 Å². The number of benzene rings is 2. The Morgan fingerprint density at radius 3 is 2.50 bits per heavy atom. The molecule has 4 nitrogen and oxygen atoms in total. The molecule has 1 aliphatic carbocycles. The molecule has 1 N–H and O–H groups in total. The van der Waals surface area contributed by atoms with E-state index in [0.717, 1.165) is 41.8 Å². The smallest absolute Gasteiger partial charge is 0.234 e. The Kier molecular flexibility index (Phi) is 5.41. The first-order chi connectivity index (χ1) is 13.8. The number of aromatic nitrogens is 1. The van der Waals surface area contributed by atoms with Crippen LogP contribution < -0.4 is 5.32 Å². The molecule has 28 heavy (non-hydrogen) atoms. The fraction of sp³-hybridized carbons (Fsp3) is 0.174. The van der Waals surface area contributed by atoms with Gasteiger partial charge in [0.15, 0.2) is 0 Å². The minimum absolute atomic E-state index is 0.108. The molecule has 1 aromatic heterocycles. The molecule has 5 heteroatoms. The van der Waals surface area contributed by atoms with Crippen molar-refractivity contribution in [3.63, 3.8) is 0 Å². The van der Waals surface area contributed by atoms with E-state index in [0.29, 0.717) is 10.6 Å². The van der Waals surface area contributed by atoms with Crippen molar-refractivity contribution in [2.75, 3.05) is 11.1 Å². The first-order valence-electron chi connectivity index (χ1n) is 9.25. The standard InChI is InChI=1S/C23H19N3OS/c24-14-19-22(16-8-3-1-4-9-16)18-12-7-13-20(18)26-23(19)28-15-21(27)25-17-10-5-2-6-11-17/h1-6,8-11H,7,12-13,15H2,(H,25,27). The summed E-state index contributed by atoms with van der Waals surface area (Å²) in [6.45, 7) is 0. The van der Waals surface area contributed by atoms with Crippen molar-refractivity contribution in [3.8, 4) is 17.2 Å². The first-order valence-corrected chi connectivity index (χ1v) is 10.2. The van der Waals surface area contributed by atoms with E-state index in [1.54, 1.807) is 0 Å².